The van der Waals surface area contributed by atoms with Crippen molar-refractivity contribution in [3.63, 3.8) is 0 Å². The lowest BCUT2D eigenvalue weighted by atomic mass is 9.72. The van der Waals surface area contributed by atoms with Crippen molar-refractivity contribution < 1.29 is 14.3 Å². The van der Waals surface area contributed by atoms with Gasteiger partial charge in [-0.3, -0.25) is 4.79 Å². The molecular formula is C26H35N3O3. The van der Waals surface area contributed by atoms with Crippen molar-refractivity contribution in [3.8, 4) is 11.8 Å². The summed E-state index contributed by atoms with van der Waals surface area (Å²) >= 11 is 0. The van der Waals surface area contributed by atoms with Crippen molar-refractivity contribution in [2.45, 2.75) is 64.3 Å². The Morgan fingerprint density at radius 2 is 1.84 bits per heavy atom. The molecular weight excluding hydrogens is 402 g/mol. The molecule has 0 aliphatic carbocycles. The lowest BCUT2D eigenvalue weighted by Crippen LogP contribution is -2.52. The largest absolute Gasteiger partial charge is 0.436 e. The Hall–Kier alpha value is -2.52. The van der Waals surface area contributed by atoms with E-state index >= 15 is 0 Å². The highest BCUT2D eigenvalue weighted by molar-refractivity contribution is 5.95. The molecule has 0 saturated carbocycles. The zero-order valence-electron chi connectivity index (χ0n) is 19.7. The summed E-state index contributed by atoms with van der Waals surface area (Å²) in [7, 11) is 0. The minimum Gasteiger partial charge on any atom is -0.436 e. The van der Waals surface area contributed by atoms with Gasteiger partial charge in [0.1, 0.15) is 0 Å². The minimum absolute atomic E-state index is 0.0763. The smallest absolute Gasteiger partial charge is 0.410 e. The molecule has 172 valence electrons. The number of rotatable bonds is 2. The second-order valence-corrected chi connectivity index (χ2v) is 9.37. The normalized spacial score (nSPS) is 20.6. The number of anilines is 1. The fourth-order valence-corrected chi connectivity index (χ4v) is 5.82. The first-order valence-corrected chi connectivity index (χ1v) is 11.9. The first kappa shape index (κ1) is 22.7. The van der Waals surface area contributed by atoms with E-state index in [0.717, 1.165) is 70.5 Å². The third-order valence-electron chi connectivity index (χ3n) is 7.48. The Bertz CT molecular complexity index is 916. The number of likely N-dealkylation sites (tertiary alicyclic amines) is 2. The monoisotopic (exact) mass is 437 g/mol. The highest BCUT2D eigenvalue weighted by Gasteiger charge is 2.47. The molecule has 1 aromatic rings. The maximum atomic E-state index is 12.3. The summed E-state index contributed by atoms with van der Waals surface area (Å²) in [6, 6.07) is 6.86. The minimum atomic E-state index is -0.242. The van der Waals surface area contributed by atoms with Gasteiger partial charge in [0.25, 0.3) is 0 Å². The standard InChI is InChI=1S/C26H35N3O3/c1-4-5-6-18-32-25(31)28-14-10-22(11-15-28)27-16-12-26(13-17-27)19-29(21(3)30)23-9-7-8-20(2)24(23)26/h7-9,22H,4,10-19H2,1-3H3. The van der Waals surface area contributed by atoms with Crippen LogP contribution in [0.2, 0.25) is 0 Å². The second kappa shape index (κ2) is 9.54. The van der Waals surface area contributed by atoms with Crippen molar-refractivity contribution in [1.82, 2.24) is 9.80 Å². The van der Waals surface area contributed by atoms with Crippen molar-refractivity contribution in [1.29, 1.82) is 0 Å². The molecule has 0 atom stereocenters. The Morgan fingerprint density at radius 3 is 2.50 bits per heavy atom. The predicted octanol–water partition coefficient (Wildman–Crippen LogP) is 3.71. The van der Waals surface area contributed by atoms with Crippen LogP contribution in [0.4, 0.5) is 10.5 Å². The molecule has 32 heavy (non-hydrogen) atoms. The van der Waals surface area contributed by atoms with Crippen LogP contribution in [0.1, 0.15) is 57.1 Å². The molecule has 0 N–H and O–H groups in total. The van der Waals surface area contributed by atoms with Crippen LogP contribution < -0.4 is 4.90 Å². The van der Waals surface area contributed by atoms with Crippen molar-refractivity contribution in [2.24, 2.45) is 0 Å². The number of nitrogens with zero attached hydrogens (tertiary/aromatic N) is 3. The molecule has 0 aromatic heterocycles. The number of benzene rings is 1. The van der Waals surface area contributed by atoms with Crippen molar-refractivity contribution in [3.05, 3.63) is 29.3 Å². The quantitative estimate of drug-likeness (QED) is 0.662. The molecule has 6 heteroatoms. The number of hydrogen-bond donors (Lipinski definition) is 0. The lowest BCUT2D eigenvalue weighted by Gasteiger charge is -2.45. The van der Waals surface area contributed by atoms with Gasteiger partial charge in [0.05, 0.1) is 0 Å². The summed E-state index contributed by atoms with van der Waals surface area (Å²) in [6.45, 7) is 10.4. The van der Waals surface area contributed by atoms with Gasteiger partial charge in [-0.15, -0.1) is 5.92 Å². The number of amides is 2. The van der Waals surface area contributed by atoms with Gasteiger partial charge in [0.2, 0.25) is 5.91 Å². The molecule has 0 unspecified atom stereocenters. The maximum absolute atomic E-state index is 12.3. The Balaban J connectivity index is 1.34. The van der Waals surface area contributed by atoms with Gasteiger partial charge in [-0.2, -0.15) is 0 Å². The molecule has 2 amide bonds. The van der Waals surface area contributed by atoms with Gasteiger partial charge in [-0.05, 0) is 62.9 Å². The van der Waals surface area contributed by atoms with Crippen molar-refractivity contribution >= 4 is 17.7 Å². The molecule has 6 nitrogen and oxygen atoms in total. The summed E-state index contributed by atoms with van der Waals surface area (Å²) in [4.78, 5) is 30.9. The van der Waals surface area contributed by atoms with Crippen LogP contribution in [0.3, 0.4) is 0 Å². The summed E-state index contributed by atoms with van der Waals surface area (Å²) < 4.78 is 5.27. The van der Waals surface area contributed by atoms with Gasteiger partial charge in [-0.1, -0.05) is 25.0 Å². The van der Waals surface area contributed by atoms with Crippen LogP contribution in [-0.2, 0) is 14.9 Å². The molecule has 3 aliphatic rings. The van der Waals surface area contributed by atoms with Crippen LogP contribution in [0.5, 0.6) is 0 Å². The summed E-state index contributed by atoms with van der Waals surface area (Å²) in [5.41, 5.74) is 3.88. The van der Waals surface area contributed by atoms with Crippen LogP contribution in [-0.4, -0.2) is 67.2 Å². The molecule has 0 radical (unpaired) electrons. The number of carbonyl (C=O) groups is 2. The molecule has 4 rings (SSSR count). The van der Waals surface area contributed by atoms with Gasteiger partial charge < -0.3 is 19.4 Å². The van der Waals surface area contributed by atoms with Gasteiger partial charge in [0, 0.05) is 50.1 Å². The maximum Gasteiger partial charge on any atom is 0.410 e. The zero-order chi connectivity index (χ0) is 22.7. The molecule has 0 bridgehead atoms. The highest BCUT2D eigenvalue weighted by Crippen LogP contribution is 2.48. The molecule has 2 saturated heterocycles. The predicted molar refractivity (Wildman–Crippen MR) is 126 cm³/mol. The number of fused-ring (bicyclic) bond motifs is 2. The topological polar surface area (TPSA) is 53.1 Å². The van der Waals surface area contributed by atoms with E-state index < -0.39 is 0 Å². The van der Waals surface area contributed by atoms with E-state index in [9.17, 15) is 9.59 Å². The third-order valence-corrected chi connectivity index (χ3v) is 7.48. The van der Waals surface area contributed by atoms with E-state index in [1.54, 1.807) is 6.92 Å². The summed E-state index contributed by atoms with van der Waals surface area (Å²) in [5, 5.41) is 0. The Morgan fingerprint density at radius 1 is 1.12 bits per heavy atom. The Kier molecular flexibility index (Phi) is 6.76. The van der Waals surface area contributed by atoms with E-state index in [0.29, 0.717) is 6.04 Å². The van der Waals surface area contributed by atoms with E-state index in [4.69, 9.17) is 4.74 Å². The summed E-state index contributed by atoms with van der Waals surface area (Å²) in [6.07, 6.45) is 4.65. The highest BCUT2D eigenvalue weighted by atomic mass is 16.6. The summed E-state index contributed by atoms with van der Waals surface area (Å²) in [5.74, 6) is 5.91. The first-order valence-electron chi connectivity index (χ1n) is 11.9. The second-order valence-electron chi connectivity index (χ2n) is 9.37. The van der Waals surface area contributed by atoms with Gasteiger partial charge in [0.15, 0.2) is 6.61 Å². The Labute approximate surface area is 191 Å². The zero-order valence-corrected chi connectivity index (χ0v) is 19.7. The number of piperidine rings is 2. The SMILES string of the molecule is CCC#CCOC(=O)N1CCC(N2CCC3(CC2)CN(C(C)=O)c2cccc(C)c23)CC1. The molecule has 3 heterocycles. The van der Waals surface area contributed by atoms with E-state index in [-0.39, 0.29) is 24.0 Å². The van der Waals surface area contributed by atoms with E-state index in [2.05, 4.69) is 41.9 Å². The van der Waals surface area contributed by atoms with E-state index in [1.807, 2.05) is 16.7 Å². The first-order chi connectivity index (χ1) is 15.4. The molecule has 1 aromatic carbocycles. The average molecular weight is 438 g/mol. The van der Waals surface area contributed by atoms with Gasteiger partial charge in [-0.25, -0.2) is 4.79 Å². The van der Waals surface area contributed by atoms with Crippen LogP contribution in [0.15, 0.2) is 18.2 Å². The molecule has 2 fully saturated rings. The fraction of sp³-hybridized carbons (Fsp3) is 0.615. The number of aryl methyl sites for hydroxylation is 1. The van der Waals surface area contributed by atoms with Crippen LogP contribution in [0.25, 0.3) is 0 Å². The molecule has 3 aliphatic heterocycles. The third kappa shape index (κ3) is 4.36. The average Bonchev–Trinajstić information content (AvgIpc) is 3.13. The fourth-order valence-electron chi connectivity index (χ4n) is 5.82. The number of hydrogen-bond acceptors (Lipinski definition) is 4. The van der Waals surface area contributed by atoms with Gasteiger partial charge >= 0.3 is 6.09 Å². The lowest BCUT2D eigenvalue weighted by molar-refractivity contribution is -0.116. The van der Waals surface area contributed by atoms with Crippen molar-refractivity contribution in [2.75, 3.05) is 44.2 Å². The van der Waals surface area contributed by atoms with Crippen LogP contribution in [0, 0.1) is 18.8 Å². The van der Waals surface area contributed by atoms with Crippen LogP contribution >= 0.6 is 0 Å². The van der Waals surface area contributed by atoms with E-state index in [1.165, 1.54) is 11.1 Å². The number of ether oxygens (including phenoxy) is 1. The number of carbonyl (C=O) groups excluding carboxylic acids is 2. The molecule has 1 spiro atoms.